The Labute approximate surface area is 140 Å². The Kier molecular flexibility index (Phi) is 4.61. The first kappa shape index (κ1) is 15.9. The lowest BCUT2D eigenvalue weighted by molar-refractivity contribution is 0.600. The Morgan fingerprint density at radius 3 is 2.33 bits per heavy atom. The van der Waals surface area contributed by atoms with Gasteiger partial charge in [-0.2, -0.15) is 0 Å². The quantitative estimate of drug-likeness (QED) is 0.578. The lowest BCUT2D eigenvalue weighted by Gasteiger charge is -2.12. The highest BCUT2D eigenvalue weighted by Gasteiger charge is 2.22. The monoisotopic (exact) mass is 428 g/mol. The number of nitrogen functional groups attached to an aromatic ring is 1. The van der Waals surface area contributed by atoms with E-state index in [4.69, 9.17) is 12.2 Å². The molecule has 0 aliphatic heterocycles. The summed E-state index contributed by atoms with van der Waals surface area (Å²) in [5.74, 6) is 2.45. The summed E-state index contributed by atoms with van der Waals surface area (Å²) in [5.41, 5.74) is 7.09. The molecular weight excluding hydrogens is 420 g/mol. The zero-order valence-electron chi connectivity index (χ0n) is 10.6. The highest BCUT2D eigenvalue weighted by atomic mass is 79.9. The van der Waals surface area contributed by atoms with Gasteiger partial charge in [0.05, 0.1) is 5.69 Å². The van der Waals surface area contributed by atoms with E-state index in [1.165, 1.54) is 12.1 Å². The Hall–Kier alpha value is -1.49. The summed E-state index contributed by atoms with van der Waals surface area (Å²) >= 11 is 6.43. The van der Waals surface area contributed by atoms with Crippen LogP contribution in [0.1, 0.15) is 5.56 Å². The molecule has 21 heavy (non-hydrogen) atoms. The predicted octanol–water partition coefficient (Wildman–Crippen LogP) is 3.58. The molecule has 3 N–H and O–H groups in total. The van der Waals surface area contributed by atoms with Crippen LogP contribution in [0.5, 0.6) is 0 Å². The Morgan fingerprint density at radius 2 is 1.76 bits per heavy atom. The maximum atomic E-state index is 12.5. The molecular formula is C14H10Br2N2O2S. The van der Waals surface area contributed by atoms with E-state index in [1.54, 1.807) is 24.3 Å². The fourth-order valence-corrected chi connectivity index (χ4v) is 5.39. The van der Waals surface area contributed by atoms with Crippen molar-refractivity contribution in [1.82, 2.24) is 0 Å². The standard InChI is InChI=1S/C14H10Br2N2O2S/c1-2-9-4-3-5-11(6-9)18-21(19,20)14-12(15)7-10(17)8-13(14)16/h1,3-8,18H,17H2. The van der Waals surface area contributed by atoms with E-state index in [0.717, 1.165) is 0 Å². The van der Waals surface area contributed by atoms with Gasteiger partial charge in [0.15, 0.2) is 0 Å². The first-order valence-electron chi connectivity index (χ1n) is 5.67. The molecule has 0 bridgehead atoms. The number of halogens is 2. The summed E-state index contributed by atoms with van der Waals surface area (Å²) in [6.07, 6.45) is 5.30. The minimum atomic E-state index is -3.78. The van der Waals surface area contributed by atoms with Gasteiger partial charge in [0.2, 0.25) is 0 Å². The Morgan fingerprint density at radius 1 is 1.14 bits per heavy atom. The van der Waals surface area contributed by atoms with Crippen molar-refractivity contribution in [3.63, 3.8) is 0 Å². The van der Waals surface area contributed by atoms with Gasteiger partial charge in [-0.15, -0.1) is 6.42 Å². The number of nitrogens with one attached hydrogen (secondary N) is 1. The molecule has 0 radical (unpaired) electrons. The van der Waals surface area contributed by atoms with Crippen LogP contribution in [0, 0.1) is 12.3 Å². The number of hydrogen-bond donors (Lipinski definition) is 2. The van der Waals surface area contributed by atoms with E-state index in [2.05, 4.69) is 42.5 Å². The molecule has 2 aromatic carbocycles. The van der Waals surface area contributed by atoms with Crippen molar-refractivity contribution >= 4 is 53.3 Å². The third-order valence-corrected chi connectivity index (χ3v) is 5.83. The van der Waals surface area contributed by atoms with Crippen LogP contribution in [-0.2, 0) is 10.0 Å². The summed E-state index contributed by atoms with van der Waals surface area (Å²) in [6.45, 7) is 0. The van der Waals surface area contributed by atoms with Crippen molar-refractivity contribution in [3.8, 4) is 12.3 Å². The van der Waals surface area contributed by atoms with Crippen molar-refractivity contribution in [2.75, 3.05) is 10.5 Å². The lowest BCUT2D eigenvalue weighted by Crippen LogP contribution is -2.14. The van der Waals surface area contributed by atoms with Gasteiger partial charge in [0.1, 0.15) is 4.90 Å². The second kappa shape index (κ2) is 6.10. The number of nitrogens with two attached hydrogens (primary N) is 1. The molecule has 0 atom stereocenters. The van der Waals surface area contributed by atoms with Crippen molar-refractivity contribution in [3.05, 3.63) is 50.9 Å². The summed E-state index contributed by atoms with van der Waals surface area (Å²) in [4.78, 5) is 0.0720. The van der Waals surface area contributed by atoms with Crippen LogP contribution < -0.4 is 10.5 Å². The van der Waals surface area contributed by atoms with Gasteiger partial charge in [0.25, 0.3) is 10.0 Å². The SMILES string of the molecule is C#Cc1cccc(NS(=O)(=O)c2c(Br)cc(N)cc2Br)c1. The van der Waals surface area contributed by atoms with Crippen molar-refractivity contribution < 1.29 is 8.42 Å². The number of sulfonamides is 1. The average molecular weight is 430 g/mol. The van der Waals surface area contributed by atoms with E-state index in [-0.39, 0.29) is 4.90 Å². The molecule has 2 aromatic rings. The topological polar surface area (TPSA) is 72.2 Å². The number of hydrogen-bond acceptors (Lipinski definition) is 3. The largest absolute Gasteiger partial charge is 0.399 e. The fraction of sp³-hybridized carbons (Fsp3) is 0. The molecule has 0 saturated carbocycles. The molecule has 4 nitrogen and oxygen atoms in total. The first-order valence-corrected chi connectivity index (χ1v) is 8.74. The first-order chi connectivity index (χ1) is 9.83. The van der Waals surface area contributed by atoms with Crippen molar-refractivity contribution in [2.45, 2.75) is 4.90 Å². The minimum absolute atomic E-state index is 0.0720. The van der Waals surface area contributed by atoms with Gasteiger partial charge in [-0.05, 0) is 62.2 Å². The summed E-state index contributed by atoms with van der Waals surface area (Å²) in [6, 6.07) is 9.65. The van der Waals surface area contributed by atoms with Gasteiger partial charge in [-0.25, -0.2) is 8.42 Å². The summed E-state index contributed by atoms with van der Waals surface area (Å²) in [7, 11) is -3.78. The molecule has 2 rings (SSSR count). The van der Waals surface area contributed by atoms with E-state index in [0.29, 0.717) is 25.9 Å². The van der Waals surface area contributed by atoms with Crippen LogP contribution in [0.2, 0.25) is 0 Å². The van der Waals surface area contributed by atoms with Crippen molar-refractivity contribution in [1.29, 1.82) is 0 Å². The molecule has 0 aliphatic carbocycles. The summed E-state index contributed by atoms with van der Waals surface area (Å²) < 4.78 is 28.2. The second-order valence-electron chi connectivity index (χ2n) is 4.14. The van der Waals surface area contributed by atoms with Crippen LogP contribution in [0.25, 0.3) is 0 Å². The lowest BCUT2D eigenvalue weighted by atomic mass is 10.2. The molecule has 7 heteroatoms. The minimum Gasteiger partial charge on any atom is -0.399 e. The predicted molar refractivity (Wildman–Crippen MR) is 91.4 cm³/mol. The van der Waals surface area contributed by atoms with Gasteiger partial charge >= 0.3 is 0 Å². The summed E-state index contributed by atoms with van der Waals surface area (Å²) in [5, 5.41) is 0. The fourth-order valence-electron chi connectivity index (χ4n) is 1.71. The van der Waals surface area contributed by atoms with E-state index in [9.17, 15) is 8.42 Å². The van der Waals surface area contributed by atoms with Crippen LogP contribution >= 0.6 is 31.9 Å². The Balaban J connectivity index is 2.46. The number of rotatable bonds is 3. The smallest absolute Gasteiger partial charge is 0.264 e. The van der Waals surface area contributed by atoms with E-state index >= 15 is 0 Å². The maximum absolute atomic E-state index is 12.5. The third-order valence-electron chi connectivity index (χ3n) is 2.57. The highest BCUT2D eigenvalue weighted by Crippen LogP contribution is 2.33. The van der Waals surface area contributed by atoms with Crippen molar-refractivity contribution in [2.24, 2.45) is 0 Å². The molecule has 0 aliphatic rings. The molecule has 0 aromatic heterocycles. The Bertz CT molecular complexity index is 819. The van der Waals surface area contributed by atoms with E-state index < -0.39 is 10.0 Å². The van der Waals surface area contributed by atoms with Gasteiger partial charge < -0.3 is 5.73 Å². The zero-order valence-corrected chi connectivity index (χ0v) is 14.6. The highest BCUT2D eigenvalue weighted by molar-refractivity contribution is 9.11. The van der Waals surface area contributed by atoms with Gasteiger partial charge in [-0.1, -0.05) is 12.0 Å². The van der Waals surface area contributed by atoms with Crippen LogP contribution in [0.4, 0.5) is 11.4 Å². The third kappa shape index (κ3) is 3.59. The maximum Gasteiger partial charge on any atom is 0.264 e. The second-order valence-corrected chi connectivity index (χ2v) is 7.47. The van der Waals surface area contributed by atoms with Gasteiger partial charge in [0, 0.05) is 20.2 Å². The molecule has 108 valence electrons. The molecule has 0 heterocycles. The number of terminal acetylenes is 1. The molecule has 0 spiro atoms. The van der Waals surface area contributed by atoms with Gasteiger partial charge in [-0.3, -0.25) is 4.72 Å². The molecule has 0 unspecified atom stereocenters. The molecule has 0 fully saturated rings. The molecule has 0 saturated heterocycles. The zero-order chi connectivity index (χ0) is 15.6. The van der Waals surface area contributed by atoms with Crippen LogP contribution in [-0.4, -0.2) is 8.42 Å². The number of anilines is 2. The molecule has 0 amide bonds. The normalized spacial score (nSPS) is 10.9. The van der Waals surface area contributed by atoms with Crippen LogP contribution in [0.3, 0.4) is 0 Å². The number of benzene rings is 2. The van der Waals surface area contributed by atoms with E-state index in [1.807, 2.05) is 0 Å². The average Bonchev–Trinajstić information content (AvgIpc) is 2.36. The van der Waals surface area contributed by atoms with Crippen LogP contribution in [0.15, 0.2) is 50.2 Å².